The normalized spacial score (nSPS) is 14.4. The van der Waals surface area contributed by atoms with Crippen molar-refractivity contribution in [1.29, 1.82) is 0 Å². The molecule has 12 N–H and O–H groups in total. The molecule has 0 aliphatic rings. The van der Waals surface area contributed by atoms with Crippen LogP contribution in [-0.4, -0.2) is 152 Å². The smallest absolute Gasteiger partial charge is 0.390 e. The Morgan fingerprint density at radius 1 is 0.676 bits per heavy atom. The first-order valence-electron chi connectivity index (χ1n) is 13.1. The first-order valence-corrected chi connectivity index (χ1v) is 17.2. The number of aliphatic hydroxyl groups excluding tert-OH is 2. The summed E-state index contributed by atoms with van der Waals surface area (Å²) in [4.78, 5) is 55.6. The summed E-state index contributed by atoms with van der Waals surface area (Å²) in [5, 5.41) is 26.6. The fourth-order valence-corrected chi connectivity index (χ4v) is 4.69. The molecule has 0 rings (SSSR count). The van der Waals surface area contributed by atoms with Crippen LogP contribution in [0.2, 0.25) is 12.1 Å². The average molecular weight is 577 g/mol. The highest BCUT2D eigenvalue weighted by molar-refractivity contribution is 6.56. The topological polar surface area (TPSA) is 234 Å². The SMILES string of the molecule is NCCN(CCNCCCCCNCC(O)COCCC[Si](O)(O)O)CC(O)COCCC[Si](O)(O)O. The van der Waals surface area contributed by atoms with Gasteiger partial charge in [0.05, 0.1) is 25.4 Å². The van der Waals surface area contributed by atoms with E-state index in [1.54, 1.807) is 0 Å². The van der Waals surface area contributed by atoms with Crippen LogP contribution in [0.3, 0.4) is 0 Å². The number of hydrogen-bond donors (Lipinski definition) is 11. The Bertz CT molecular complexity index is 519. The molecule has 0 aromatic carbocycles. The van der Waals surface area contributed by atoms with Gasteiger partial charge in [0, 0.05) is 64.6 Å². The van der Waals surface area contributed by atoms with Gasteiger partial charge in [0.25, 0.3) is 0 Å². The maximum atomic E-state index is 10.2. The van der Waals surface area contributed by atoms with Gasteiger partial charge in [0.2, 0.25) is 0 Å². The second-order valence-corrected chi connectivity index (χ2v) is 13.4. The van der Waals surface area contributed by atoms with Gasteiger partial charge in [-0.1, -0.05) is 6.42 Å². The standard InChI is InChI=1S/C21H52N4O10Si2/c22-6-10-25(17-21(27)19-35-13-5-15-37(31,32)33)11-9-23-7-2-1-3-8-24-16-20(26)18-34-12-4-14-36(28,29)30/h20-21,23-24,26-33H,1-19,22H2. The summed E-state index contributed by atoms with van der Waals surface area (Å²) in [5.74, 6) is 0. The largest absolute Gasteiger partial charge is 0.492 e. The van der Waals surface area contributed by atoms with Crippen LogP contribution in [0.5, 0.6) is 0 Å². The maximum Gasteiger partial charge on any atom is 0.492 e. The Hall–Kier alpha value is -0.126. The van der Waals surface area contributed by atoms with Gasteiger partial charge in [-0.25, -0.2) is 0 Å². The first-order chi connectivity index (χ1) is 17.4. The molecule has 2 atom stereocenters. The number of hydrogen-bond acceptors (Lipinski definition) is 14. The minimum absolute atomic E-state index is 0.0735. The molecule has 0 aliphatic heterocycles. The number of nitrogens with one attached hydrogen (secondary N) is 2. The summed E-state index contributed by atoms with van der Waals surface area (Å²) in [6.45, 7) is 5.94. The van der Waals surface area contributed by atoms with Gasteiger partial charge in [0.15, 0.2) is 0 Å². The lowest BCUT2D eigenvalue weighted by Gasteiger charge is -2.24. The monoisotopic (exact) mass is 576 g/mol. The molecule has 0 bridgehead atoms. The van der Waals surface area contributed by atoms with Crippen LogP contribution in [0.1, 0.15) is 32.1 Å². The van der Waals surface area contributed by atoms with Crippen LogP contribution in [0.15, 0.2) is 0 Å². The molecule has 0 fully saturated rings. The van der Waals surface area contributed by atoms with E-state index in [1.165, 1.54) is 0 Å². The molecule has 0 saturated carbocycles. The van der Waals surface area contributed by atoms with Crippen LogP contribution < -0.4 is 16.4 Å². The van der Waals surface area contributed by atoms with Crippen molar-refractivity contribution in [1.82, 2.24) is 15.5 Å². The highest BCUT2D eigenvalue weighted by atomic mass is 28.4. The zero-order valence-corrected chi connectivity index (χ0v) is 24.0. The van der Waals surface area contributed by atoms with Crippen LogP contribution in [0.25, 0.3) is 0 Å². The van der Waals surface area contributed by atoms with Gasteiger partial charge in [-0.2, -0.15) is 0 Å². The van der Waals surface area contributed by atoms with Crippen LogP contribution in [-0.2, 0) is 9.47 Å². The van der Waals surface area contributed by atoms with Gasteiger partial charge in [0.1, 0.15) is 0 Å². The molecule has 0 heterocycles. The summed E-state index contributed by atoms with van der Waals surface area (Å²) in [7, 11) is -8.02. The predicted octanol–water partition coefficient (Wildman–Crippen LogP) is -4.04. The van der Waals surface area contributed by atoms with Gasteiger partial charge >= 0.3 is 17.6 Å². The molecule has 0 saturated heterocycles. The summed E-state index contributed by atoms with van der Waals surface area (Å²) in [5.41, 5.74) is 5.67. The van der Waals surface area contributed by atoms with Crippen LogP contribution in [0.4, 0.5) is 0 Å². The van der Waals surface area contributed by atoms with Crippen LogP contribution in [0, 0.1) is 0 Å². The van der Waals surface area contributed by atoms with Crippen molar-refractivity contribution in [2.75, 3.05) is 78.8 Å². The third-order valence-corrected chi connectivity index (χ3v) is 7.38. The van der Waals surface area contributed by atoms with E-state index in [9.17, 15) is 10.2 Å². The van der Waals surface area contributed by atoms with Crippen molar-refractivity contribution < 1.29 is 48.5 Å². The van der Waals surface area contributed by atoms with Crippen molar-refractivity contribution in [3.8, 4) is 0 Å². The Labute approximate surface area is 222 Å². The molecule has 37 heavy (non-hydrogen) atoms. The number of nitrogens with zero attached hydrogens (tertiary/aromatic N) is 1. The molecule has 0 spiro atoms. The number of aliphatic hydroxyl groups is 2. The Kier molecular flexibility index (Phi) is 22.6. The summed E-state index contributed by atoms with van der Waals surface area (Å²) >= 11 is 0. The molecule has 0 aromatic rings. The molecule has 16 heteroatoms. The lowest BCUT2D eigenvalue weighted by molar-refractivity contribution is 0.0168. The summed E-state index contributed by atoms with van der Waals surface area (Å²) in [6, 6.07) is -0.159. The van der Waals surface area contributed by atoms with Gasteiger partial charge in [-0.15, -0.1) is 0 Å². The van der Waals surface area contributed by atoms with E-state index >= 15 is 0 Å². The van der Waals surface area contributed by atoms with E-state index in [1.807, 2.05) is 0 Å². The average Bonchev–Trinajstić information content (AvgIpc) is 2.78. The predicted molar refractivity (Wildman–Crippen MR) is 142 cm³/mol. The Morgan fingerprint density at radius 2 is 1.22 bits per heavy atom. The number of ether oxygens (including phenoxy) is 2. The fraction of sp³-hybridized carbons (Fsp3) is 1.00. The van der Waals surface area contributed by atoms with E-state index in [0.717, 1.165) is 45.4 Å². The second-order valence-electron chi connectivity index (χ2n) is 9.32. The molecular formula is C21H52N4O10Si2. The van der Waals surface area contributed by atoms with Crippen molar-refractivity contribution in [3.63, 3.8) is 0 Å². The Balaban J connectivity index is 3.63. The lowest BCUT2D eigenvalue weighted by Crippen LogP contribution is -2.41. The first kappa shape index (κ1) is 36.9. The molecule has 0 amide bonds. The van der Waals surface area contributed by atoms with E-state index in [0.29, 0.717) is 39.0 Å². The number of rotatable bonds is 27. The molecule has 0 radical (unpaired) electrons. The van der Waals surface area contributed by atoms with Crippen molar-refractivity contribution >= 4 is 17.6 Å². The highest BCUT2D eigenvalue weighted by Crippen LogP contribution is 2.03. The molecule has 0 aromatic heterocycles. The highest BCUT2D eigenvalue weighted by Gasteiger charge is 2.26. The molecule has 2 unspecified atom stereocenters. The fourth-order valence-electron chi connectivity index (χ4n) is 3.46. The number of unbranched alkanes of at least 4 members (excludes halogenated alkanes) is 2. The molecule has 14 nitrogen and oxygen atoms in total. The van der Waals surface area contributed by atoms with E-state index in [-0.39, 0.29) is 38.5 Å². The minimum atomic E-state index is -4.02. The summed E-state index contributed by atoms with van der Waals surface area (Å²) in [6.07, 6.45) is 2.37. The molecule has 0 aliphatic carbocycles. The molecular weight excluding hydrogens is 524 g/mol. The van der Waals surface area contributed by atoms with Crippen molar-refractivity contribution in [2.45, 2.75) is 56.4 Å². The van der Waals surface area contributed by atoms with E-state index in [4.69, 9.17) is 44.0 Å². The van der Waals surface area contributed by atoms with E-state index in [2.05, 4.69) is 15.5 Å². The van der Waals surface area contributed by atoms with Gasteiger partial charge in [-0.3, -0.25) is 4.90 Å². The minimum Gasteiger partial charge on any atom is -0.390 e. The second kappa shape index (κ2) is 22.7. The lowest BCUT2D eigenvalue weighted by atomic mass is 10.2. The third-order valence-electron chi connectivity index (χ3n) is 5.33. The zero-order chi connectivity index (χ0) is 28.0. The summed E-state index contributed by atoms with van der Waals surface area (Å²) < 4.78 is 10.6. The van der Waals surface area contributed by atoms with Crippen molar-refractivity contribution in [3.05, 3.63) is 0 Å². The van der Waals surface area contributed by atoms with Crippen molar-refractivity contribution in [2.24, 2.45) is 5.73 Å². The quantitative estimate of drug-likeness (QED) is 0.0330. The maximum absolute atomic E-state index is 10.2. The number of nitrogens with two attached hydrogens (primary N) is 1. The zero-order valence-electron chi connectivity index (χ0n) is 22.0. The Morgan fingerprint density at radius 3 is 1.76 bits per heavy atom. The molecule has 224 valence electrons. The van der Waals surface area contributed by atoms with E-state index < -0.39 is 29.8 Å². The van der Waals surface area contributed by atoms with Crippen LogP contribution >= 0.6 is 0 Å². The van der Waals surface area contributed by atoms with Gasteiger partial charge in [-0.05, 0) is 38.8 Å². The third kappa shape index (κ3) is 28.7. The van der Waals surface area contributed by atoms with Gasteiger partial charge < -0.3 is 64.8 Å².